The number of anilines is 2. The van der Waals surface area contributed by atoms with E-state index >= 15 is 4.39 Å². The Kier molecular flexibility index (Phi) is 8.23. The third-order valence-corrected chi connectivity index (χ3v) is 7.34. The van der Waals surface area contributed by atoms with Crippen LogP contribution in [0.4, 0.5) is 28.9 Å². The number of thiocarbonyl (C=S) groups is 1. The van der Waals surface area contributed by atoms with E-state index in [1.54, 1.807) is 12.1 Å². The average molecular weight is 537 g/mol. The SMILES string of the molecule is CN(C)[C@@H]1CCN(c2cc(N3CCC(c4ccccc4C(F)(F)F)CC3)c(F)cc2C=NNC(N)=S)C1. The highest BCUT2D eigenvalue weighted by molar-refractivity contribution is 7.80. The Morgan fingerprint density at radius 3 is 2.38 bits per heavy atom. The molecule has 0 aliphatic carbocycles. The highest BCUT2D eigenvalue weighted by Gasteiger charge is 2.36. The molecule has 200 valence electrons. The summed E-state index contributed by atoms with van der Waals surface area (Å²) in [6, 6.07) is 9.41. The van der Waals surface area contributed by atoms with E-state index in [-0.39, 0.29) is 11.0 Å². The number of likely N-dealkylation sites (N-methyl/N-ethyl adjacent to an activating group) is 1. The number of hydrogen-bond donors (Lipinski definition) is 2. The van der Waals surface area contributed by atoms with Gasteiger partial charge in [0.1, 0.15) is 5.82 Å². The number of nitrogens with one attached hydrogen (secondary N) is 1. The summed E-state index contributed by atoms with van der Waals surface area (Å²) in [5.74, 6) is -0.633. The molecule has 2 aromatic carbocycles. The number of piperidine rings is 1. The molecular weight excluding hydrogens is 504 g/mol. The first-order valence-corrected chi connectivity index (χ1v) is 12.7. The van der Waals surface area contributed by atoms with Crippen LogP contribution in [0.5, 0.6) is 0 Å². The van der Waals surface area contributed by atoms with Gasteiger partial charge in [-0.3, -0.25) is 5.43 Å². The maximum Gasteiger partial charge on any atom is 0.416 e. The summed E-state index contributed by atoms with van der Waals surface area (Å²) >= 11 is 4.79. The number of hydrogen-bond acceptors (Lipinski definition) is 5. The van der Waals surface area contributed by atoms with Gasteiger partial charge in [0.05, 0.1) is 17.5 Å². The van der Waals surface area contributed by atoms with Crippen LogP contribution in [0.15, 0.2) is 41.5 Å². The van der Waals surface area contributed by atoms with Gasteiger partial charge >= 0.3 is 6.18 Å². The van der Waals surface area contributed by atoms with Crippen molar-refractivity contribution in [3.05, 3.63) is 58.9 Å². The highest BCUT2D eigenvalue weighted by Crippen LogP contribution is 2.40. The third kappa shape index (κ3) is 6.32. The van der Waals surface area contributed by atoms with Gasteiger partial charge in [-0.2, -0.15) is 18.3 Å². The van der Waals surface area contributed by atoms with Crippen LogP contribution in [0.25, 0.3) is 0 Å². The van der Waals surface area contributed by atoms with Crippen molar-refractivity contribution in [2.75, 3.05) is 50.1 Å². The van der Waals surface area contributed by atoms with E-state index in [4.69, 9.17) is 18.0 Å². The van der Waals surface area contributed by atoms with Crippen molar-refractivity contribution < 1.29 is 17.6 Å². The maximum absolute atomic E-state index is 15.4. The van der Waals surface area contributed by atoms with Gasteiger partial charge in [-0.25, -0.2) is 4.39 Å². The van der Waals surface area contributed by atoms with E-state index in [1.807, 2.05) is 25.1 Å². The molecule has 2 fully saturated rings. The first kappa shape index (κ1) is 27.1. The predicted molar refractivity (Wildman–Crippen MR) is 144 cm³/mol. The fourth-order valence-corrected chi connectivity index (χ4v) is 5.33. The molecule has 2 aromatic rings. The smallest absolute Gasteiger partial charge is 0.375 e. The van der Waals surface area contributed by atoms with Crippen LogP contribution in [-0.4, -0.2) is 62.5 Å². The number of alkyl halides is 3. The molecule has 11 heteroatoms. The standard InChI is InChI=1S/C26H32F4N6S/c1-34(2)19-9-12-36(16-19)23-14-24(22(27)13-18(23)15-32-33-25(31)37)35-10-7-17(8-11-35)20-5-3-4-6-21(20)26(28,29)30/h3-6,13-15,17,19H,7-12,16H2,1-2H3,(H3,31,33,37)/t19-/m1/s1. The molecule has 2 heterocycles. The summed E-state index contributed by atoms with van der Waals surface area (Å²) in [7, 11) is 4.08. The van der Waals surface area contributed by atoms with Gasteiger partial charge in [-0.15, -0.1) is 0 Å². The van der Waals surface area contributed by atoms with Gasteiger partial charge in [0.25, 0.3) is 0 Å². The van der Waals surface area contributed by atoms with E-state index in [1.165, 1.54) is 18.3 Å². The molecule has 0 bridgehead atoms. The molecule has 6 nitrogen and oxygen atoms in total. The summed E-state index contributed by atoms with van der Waals surface area (Å²) in [5.41, 5.74) is 9.59. The zero-order valence-corrected chi connectivity index (χ0v) is 21.7. The Morgan fingerprint density at radius 2 is 1.76 bits per heavy atom. The van der Waals surface area contributed by atoms with Crippen molar-refractivity contribution in [1.29, 1.82) is 0 Å². The van der Waals surface area contributed by atoms with Crippen molar-refractivity contribution >= 4 is 34.9 Å². The minimum Gasteiger partial charge on any atom is -0.375 e. The van der Waals surface area contributed by atoms with Crippen molar-refractivity contribution in [2.24, 2.45) is 10.8 Å². The quantitative estimate of drug-likeness (QED) is 0.245. The lowest BCUT2D eigenvalue weighted by Gasteiger charge is -2.35. The number of nitrogens with two attached hydrogens (primary N) is 1. The minimum absolute atomic E-state index is 0.0127. The van der Waals surface area contributed by atoms with Crippen LogP contribution in [-0.2, 0) is 6.18 Å². The lowest BCUT2D eigenvalue weighted by molar-refractivity contribution is -0.138. The predicted octanol–water partition coefficient (Wildman–Crippen LogP) is 4.54. The van der Waals surface area contributed by atoms with Crippen LogP contribution in [0.1, 0.15) is 41.9 Å². The highest BCUT2D eigenvalue weighted by atomic mass is 32.1. The Bertz CT molecular complexity index is 1140. The fourth-order valence-electron chi connectivity index (χ4n) is 5.28. The number of nitrogens with zero attached hydrogens (tertiary/aromatic N) is 4. The van der Waals surface area contributed by atoms with Gasteiger partial charge in [0.15, 0.2) is 5.11 Å². The van der Waals surface area contributed by atoms with Gasteiger partial charge < -0.3 is 20.4 Å². The van der Waals surface area contributed by atoms with Crippen molar-refractivity contribution in [2.45, 2.75) is 37.4 Å². The summed E-state index contributed by atoms with van der Waals surface area (Å²) in [6.07, 6.45) is -0.893. The fraction of sp³-hybridized carbons (Fsp3) is 0.462. The van der Waals surface area contributed by atoms with Gasteiger partial charge in [0, 0.05) is 43.5 Å². The first-order valence-electron chi connectivity index (χ1n) is 12.3. The van der Waals surface area contributed by atoms with E-state index in [0.29, 0.717) is 48.8 Å². The number of benzene rings is 2. The van der Waals surface area contributed by atoms with Crippen LogP contribution in [0.3, 0.4) is 0 Å². The molecule has 2 saturated heterocycles. The normalized spacial score (nSPS) is 19.3. The molecule has 1 atom stereocenters. The molecule has 4 rings (SSSR count). The molecule has 0 unspecified atom stereocenters. The Balaban J connectivity index is 1.58. The molecule has 0 radical (unpaired) electrons. The van der Waals surface area contributed by atoms with Crippen molar-refractivity contribution in [3.8, 4) is 0 Å². The second-order valence-corrected chi connectivity index (χ2v) is 10.2. The van der Waals surface area contributed by atoms with Gasteiger partial charge in [-0.1, -0.05) is 18.2 Å². The molecule has 0 aromatic heterocycles. The summed E-state index contributed by atoms with van der Waals surface area (Å²) in [5, 5.41) is 4.04. The Morgan fingerprint density at radius 1 is 1.08 bits per heavy atom. The molecule has 3 N–H and O–H groups in total. The zero-order chi connectivity index (χ0) is 26.7. The van der Waals surface area contributed by atoms with Crippen molar-refractivity contribution in [1.82, 2.24) is 10.3 Å². The van der Waals surface area contributed by atoms with Crippen LogP contribution in [0, 0.1) is 5.82 Å². The van der Waals surface area contributed by atoms with Crippen LogP contribution >= 0.6 is 12.2 Å². The number of rotatable bonds is 6. The molecule has 0 saturated carbocycles. The van der Waals surface area contributed by atoms with Crippen molar-refractivity contribution in [3.63, 3.8) is 0 Å². The molecular formula is C26H32F4N6S. The average Bonchev–Trinajstić information content (AvgIpc) is 3.34. The molecule has 0 spiro atoms. The second kappa shape index (κ2) is 11.2. The number of halogens is 4. The van der Waals surface area contributed by atoms with Gasteiger partial charge in [-0.05, 0) is 75.3 Å². The largest absolute Gasteiger partial charge is 0.416 e. The Labute approximate surface area is 220 Å². The van der Waals surface area contributed by atoms with E-state index < -0.39 is 17.6 Å². The minimum atomic E-state index is -4.39. The maximum atomic E-state index is 15.4. The summed E-state index contributed by atoms with van der Waals surface area (Å²) in [4.78, 5) is 6.32. The molecule has 2 aliphatic rings. The third-order valence-electron chi connectivity index (χ3n) is 7.25. The van der Waals surface area contributed by atoms with Crippen LogP contribution in [0.2, 0.25) is 0 Å². The molecule has 0 amide bonds. The van der Waals surface area contributed by atoms with E-state index in [2.05, 4.69) is 20.3 Å². The van der Waals surface area contributed by atoms with E-state index in [9.17, 15) is 13.2 Å². The summed E-state index contributed by atoms with van der Waals surface area (Å²) < 4.78 is 56.0. The lowest BCUT2D eigenvalue weighted by Crippen LogP contribution is -2.35. The first-order chi connectivity index (χ1) is 17.5. The van der Waals surface area contributed by atoms with Gasteiger partial charge in [0.2, 0.25) is 0 Å². The molecule has 37 heavy (non-hydrogen) atoms. The Hall–Kier alpha value is -2.92. The lowest BCUT2D eigenvalue weighted by atomic mass is 9.86. The van der Waals surface area contributed by atoms with E-state index in [0.717, 1.165) is 31.3 Å². The topological polar surface area (TPSA) is 60.1 Å². The monoisotopic (exact) mass is 536 g/mol. The van der Waals surface area contributed by atoms with Crippen LogP contribution < -0.4 is 21.0 Å². The molecule has 2 aliphatic heterocycles. The summed E-state index contributed by atoms with van der Waals surface area (Å²) in [6.45, 7) is 2.53. The zero-order valence-electron chi connectivity index (χ0n) is 20.9. The second-order valence-electron chi connectivity index (χ2n) is 9.80. The number of hydrazone groups is 1.